The van der Waals surface area contributed by atoms with Gasteiger partial charge in [0.05, 0.1) is 11.3 Å². The molecule has 4 nitrogen and oxygen atoms in total. The van der Waals surface area contributed by atoms with Crippen molar-refractivity contribution in [2.24, 2.45) is 0 Å². The number of pyridine rings is 1. The summed E-state index contributed by atoms with van der Waals surface area (Å²) < 4.78 is 2.14. The third kappa shape index (κ3) is 6.74. The Morgan fingerprint density at radius 2 is 1.61 bits per heavy atom. The molecule has 0 fully saturated rings. The number of hydrogen-bond acceptors (Lipinski definition) is 3. The van der Waals surface area contributed by atoms with E-state index in [1.54, 1.807) is 0 Å². The molecule has 0 aliphatic heterocycles. The second-order valence-electron chi connectivity index (χ2n) is 8.23. The summed E-state index contributed by atoms with van der Waals surface area (Å²) in [6, 6.07) is 18.5. The van der Waals surface area contributed by atoms with Crippen LogP contribution in [-0.4, -0.2) is 20.4 Å². The zero-order valence-electron chi connectivity index (χ0n) is 19.9. The van der Waals surface area contributed by atoms with Crippen LogP contribution in [0.15, 0.2) is 66.7 Å². The number of benzene rings is 2. The number of aliphatic hydroxyl groups excluding tert-OH is 1. The Balaban J connectivity index is 0.000000423. The molecule has 2 aromatic heterocycles. The largest absolute Gasteiger partial charge is 0.512 e. The van der Waals surface area contributed by atoms with E-state index in [-0.39, 0.29) is 31.6 Å². The Morgan fingerprint density at radius 1 is 0.970 bits per heavy atom. The molecular formula is C28H29IrN2O2-. The number of aryl methyl sites for hydroxylation is 4. The van der Waals surface area contributed by atoms with Gasteiger partial charge in [-0.15, -0.1) is 34.9 Å². The summed E-state index contributed by atoms with van der Waals surface area (Å²) in [5.41, 5.74) is 9.09. The molecule has 2 heterocycles. The second kappa shape index (κ2) is 11.2. The van der Waals surface area contributed by atoms with Gasteiger partial charge in [-0.1, -0.05) is 25.5 Å². The van der Waals surface area contributed by atoms with Crippen LogP contribution in [0.2, 0.25) is 0 Å². The molecule has 0 aliphatic carbocycles. The van der Waals surface area contributed by atoms with Crippen molar-refractivity contribution in [3.63, 3.8) is 0 Å². The molecule has 4 rings (SSSR count). The van der Waals surface area contributed by atoms with Gasteiger partial charge in [0.1, 0.15) is 0 Å². The molecular weight excluding hydrogens is 589 g/mol. The van der Waals surface area contributed by atoms with E-state index in [4.69, 9.17) is 10.1 Å². The number of carbonyl (C=O) groups excluding carboxylic acids is 1. The molecule has 0 saturated carbocycles. The van der Waals surface area contributed by atoms with Crippen molar-refractivity contribution in [3.05, 3.63) is 95.0 Å². The average molecular weight is 618 g/mol. The van der Waals surface area contributed by atoms with Gasteiger partial charge in [0.2, 0.25) is 0 Å². The van der Waals surface area contributed by atoms with Crippen LogP contribution in [0.3, 0.4) is 0 Å². The van der Waals surface area contributed by atoms with E-state index in [0.717, 1.165) is 22.3 Å². The number of allylic oxidation sites excluding steroid dienone is 2. The molecule has 0 spiro atoms. The minimum atomic E-state index is -0.125. The summed E-state index contributed by atoms with van der Waals surface area (Å²) >= 11 is 0. The van der Waals surface area contributed by atoms with Crippen LogP contribution in [0.1, 0.15) is 36.1 Å². The van der Waals surface area contributed by atoms with Crippen molar-refractivity contribution in [1.29, 1.82) is 0 Å². The fourth-order valence-electron chi connectivity index (χ4n) is 3.79. The molecule has 33 heavy (non-hydrogen) atoms. The van der Waals surface area contributed by atoms with Crippen LogP contribution in [0.4, 0.5) is 0 Å². The van der Waals surface area contributed by atoms with E-state index in [9.17, 15) is 4.79 Å². The third-order valence-corrected chi connectivity index (χ3v) is 5.02. The van der Waals surface area contributed by atoms with Gasteiger partial charge in [-0.2, -0.15) is 0 Å². The molecule has 173 valence electrons. The van der Waals surface area contributed by atoms with Gasteiger partial charge >= 0.3 is 0 Å². The minimum absolute atomic E-state index is 0. The maximum absolute atomic E-state index is 10.0. The Bertz CT molecular complexity index is 1280. The van der Waals surface area contributed by atoms with Gasteiger partial charge in [0.25, 0.3) is 0 Å². The Hall–Kier alpha value is -3.01. The molecule has 2 aromatic carbocycles. The molecule has 1 radical (unpaired) electrons. The van der Waals surface area contributed by atoms with Crippen molar-refractivity contribution in [2.45, 2.75) is 41.5 Å². The summed E-state index contributed by atoms with van der Waals surface area (Å²) in [4.78, 5) is 15.0. The number of fused-ring (bicyclic) bond motifs is 1. The first-order valence-corrected chi connectivity index (χ1v) is 10.6. The molecule has 0 amide bonds. The number of nitrogens with zero attached hydrogens (tertiary/aromatic N) is 2. The van der Waals surface area contributed by atoms with Gasteiger partial charge in [0.15, 0.2) is 5.78 Å². The first-order chi connectivity index (χ1) is 15.1. The van der Waals surface area contributed by atoms with Crippen molar-refractivity contribution in [3.8, 4) is 16.9 Å². The van der Waals surface area contributed by atoms with Crippen molar-refractivity contribution in [1.82, 2.24) is 9.55 Å². The number of ketones is 1. The quantitative estimate of drug-likeness (QED) is 0.157. The predicted molar refractivity (Wildman–Crippen MR) is 131 cm³/mol. The maximum atomic E-state index is 10.0. The van der Waals surface area contributed by atoms with Crippen LogP contribution in [0, 0.1) is 33.8 Å². The van der Waals surface area contributed by atoms with E-state index in [1.165, 1.54) is 47.7 Å². The smallest absolute Gasteiger partial charge is 0.155 e. The van der Waals surface area contributed by atoms with Crippen LogP contribution >= 0.6 is 0 Å². The van der Waals surface area contributed by atoms with E-state index >= 15 is 0 Å². The number of aromatic nitrogens is 2. The summed E-state index contributed by atoms with van der Waals surface area (Å²) in [7, 11) is 0. The van der Waals surface area contributed by atoms with E-state index in [1.807, 2.05) is 12.1 Å². The molecule has 5 heteroatoms. The normalized spacial score (nSPS) is 10.9. The van der Waals surface area contributed by atoms with Gasteiger partial charge in [0, 0.05) is 44.3 Å². The third-order valence-electron chi connectivity index (χ3n) is 5.02. The minimum Gasteiger partial charge on any atom is -0.512 e. The number of hydrogen-bond donors (Lipinski definition) is 1. The standard InChI is InChI=1S/C23H21N2.C5H8O2.Ir/c1-15-9-16(2)11-20(10-15)23-18(4)13-19-12-17(3)22(14-21(19)24-23)25-7-5-6-8-25;1-4(6)3-5(2)7;/h5-10,12-14H,1-4H3;3,6H,1-2H3;/q-1;;/b;4-3-;. The zero-order valence-corrected chi connectivity index (χ0v) is 22.3. The van der Waals surface area contributed by atoms with Crippen molar-refractivity contribution < 1.29 is 30.0 Å². The van der Waals surface area contributed by atoms with Gasteiger partial charge in [-0.25, -0.2) is 0 Å². The summed E-state index contributed by atoms with van der Waals surface area (Å²) in [6.45, 7) is 11.3. The molecule has 0 atom stereocenters. The summed E-state index contributed by atoms with van der Waals surface area (Å²) in [5.74, 6) is -0.0625. The number of carbonyl (C=O) groups is 1. The topological polar surface area (TPSA) is 55.1 Å². The van der Waals surface area contributed by atoms with E-state index in [0.29, 0.717) is 0 Å². The van der Waals surface area contributed by atoms with E-state index < -0.39 is 0 Å². The fourth-order valence-corrected chi connectivity index (χ4v) is 3.79. The van der Waals surface area contributed by atoms with Crippen LogP contribution in [-0.2, 0) is 24.9 Å². The monoisotopic (exact) mass is 618 g/mol. The first-order valence-electron chi connectivity index (χ1n) is 10.6. The fraction of sp³-hybridized carbons (Fsp3) is 0.214. The molecule has 0 saturated heterocycles. The molecule has 4 aromatic rings. The Labute approximate surface area is 209 Å². The Morgan fingerprint density at radius 3 is 2.15 bits per heavy atom. The number of rotatable bonds is 3. The Kier molecular flexibility index (Phi) is 8.92. The van der Waals surface area contributed by atoms with Crippen LogP contribution in [0.5, 0.6) is 0 Å². The molecule has 1 N–H and O–H groups in total. The van der Waals surface area contributed by atoms with Crippen LogP contribution in [0.25, 0.3) is 27.8 Å². The first kappa shape index (κ1) is 26.2. The maximum Gasteiger partial charge on any atom is 0.155 e. The molecule has 0 aliphatic rings. The predicted octanol–water partition coefficient (Wildman–Crippen LogP) is 6.76. The van der Waals surface area contributed by atoms with Gasteiger partial charge in [-0.05, 0) is 68.6 Å². The molecule has 0 unspecified atom stereocenters. The number of aliphatic hydroxyl groups is 1. The average Bonchev–Trinajstić information content (AvgIpc) is 3.20. The summed E-state index contributed by atoms with van der Waals surface area (Å²) in [6.07, 6.45) is 5.31. The van der Waals surface area contributed by atoms with Crippen molar-refractivity contribution >= 4 is 16.7 Å². The van der Waals surface area contributed by atoms with Crippen molar-refractivity contribution in [2.75, 3.05) is 0 Å². The zero-order chi connectivity index (χ0) is 23.4. The van der Waals surface area contributed by atoms with Crippen LogP contribution < -0.4 is 0 Å². The summed E-state index contributed by atoms with van der Waals surface area (Å²) in [5, 5.41) is 9.54. The molecule has 0 bridgehead atoms. The van der Waals surface area contributed by atoms with Gasteiger partial charge in [-0.3, -0.25) is 9.78 Å². The van der Waals surface area contributed by atoms with E-state index in [2.05, 4.69) is 81.1 Å². The van der Waals surface area contributed by atoms with Gasteiger partial charge < -0.3 is 9.67 Å². The SMILES string of the molecule is CC(=O)/C=C(/C)O.Cc1[c-]c(-c2nc3cc(-n4cccc4)c(C)cc3cc2C)cc(C)c1.[Ir]. The second-order valence-corrected chi connectivity index (χ2v) is 8.23.